The van der Waals surface area contributed by atoms with Crippen LogP contribution in [-0.4, -0.2) is 33.9 Å². The fourth-order valence-electron chi connectivity index (χ4n) is 0. The third kappa shape index (κ3) is 3010. The van der Waals surface area contributed by atoms with E-state index in [1.54, 1.807) is 6.92 Å². The van der Waals surface area contributed by atoms with Gasteiger partial charge in [-0.05, 0) is 6.92 Å². The lowest BCUT2D eigenvalue weighted by Gasteiger charge is -1.59. The van der Waals surface area contributed by atoms with Crippen molar-refractivity contribution in [3.8, 4) is 6.07 Å². The van der Waals surface area contributed by atoms with Gasteiger partial charge in [-0.2, -0.15) is 5.26 Å². The van der Waals surface area contributed by atoms with E-state index in [-0.39, 0.29) is 6.61 Å². The first-order valence-electron chi connectivity index (χ1n) is 2.85. The zero-order valence-corrected chi connectivity index (χ0v) is 6.81. The number of carboxylic acid groups (broad SMARTS) is 2. The van der Waals surface area contributed by atoms with E-state index in [2.05, 4.69) is 0 Å². The number of hydrogen-bond donors (Lipinski definition) is 3. The van der Waals surface area contributed by atoms with Crippen molar-refractivity contribution in [2.45, 2.75) is 13.8 Å². The van der Waals surface area contributed by atoms with Crippen molar-refractivity contribution in [3.63, 3.8) is 0 Å². The van der Waals surface area contributed by atoms with E-state index in [0.29, 0.717) is 0 Å². The normalized spacial score (nSPS) is 5.83. The first-order valence-corrected chi connectivity index (χ1v) is 2.85. The van der Waals surface area contributed by atoms with Gasteiger partial charge >= 0.3 is 5.97 Å². The Balaban J connectivity index is -0.000000105. The molecular formula is C6H11NO5. The van der Waals surface area contributed by atoms with Crippen molar-refractivity contribution in [1.29, 1.82) is 5.26 Å². The largest absolute Gasteiger partial charge is 0.481 e. The Hall–Kier alpha value is -1.61. The van der Waals surface area contributed by atoms with Crippen molar-refractivity contribution in [1.82, 2.24) is 0 Å². The van der Waals surface area contributed by atoms with E-state index in [1.807, 2.05) is 0 Å². The van der Waals surface area contributed by atoms with E-state index in [1.165, 1.54) is 0 Å². The number of carboxylic acids is 2. The van der Waals surface area contributed by atoms with E-state index < -0.39 is 11.9 Å². The molecule has 0 aliphatic carbocycles. The minimum atomic E-state index is -1.44. The molecule has 0 amide bonds. The summed E-state index contributed by atoms with van der Waals surface area (Å²) in [5.41, 5.74) is 0. The molecule has 0 radical (unpaired) electrons. The summed E-state index contributed by atoms with van der Waals surface area (Å²) in [6, 6.07) is 0.944. The monoisotopic (exact) mass is 177 g/mol. The molecular weight excluding hydrogens is 166 g/mol. The topological polar surface area (TPSA) is 119 Å². The molecule has 0 spiro atoms. The number of aliphatic hydroxyl groups is 1. The van der Waals surface area contributed by atoms with Crippen LogP contribution in [0.1, 0.15) is 13.8 Å². The average molecular weight is 177 g/mol. The lowest BCUT2D eigenvalue weighted by molar-refractivity contribution is -0.134. The number of nitriles is 1. The molecule has 0 aromatic rings. The highest BCUT2D eigenvalue weighted by Gasteiger charge is 1.79. The van der Waals surface area contributed by atoms with Crippen LogP contribution in [-0.2, 0) is 9.59 Å². The van der Waals surface area contributed by atoms with Crippen LogP contribution < -0.4 is 0 Å². The first kappa shape index (κ1) is 16.8. The Morgan fingerprint density at radius 1 is 1.42 bits per heavy atom. The molecule has 0 atom stereocenters. The molecule has 0 rings (SSSR count). The molecule has 0 saturated heterocycles. The molecule has 12 heavy (non-hydrogen) atoms. The van der Waals surface area contributed by atoms with Gasteiger partial charge in [0.15, 0.2) is 6.07 Å². The molecule has 3 N–H and O–H groups in total. The van der Waals surface area contributed by atoms with Crippen molar-refractivity contribution in [2.24, 2.45) is 0 Å². The number of rotatable bonds is 0. The van der Waals surface area contributed by atoms with E-state index in [0.717, 1.165) is 13.0 Å². The maximum Gasteiger partial charge on any atom is 0.408 e. The fourth-order valence-corrected chi connectivity index (χ4v) is 0. The maximum atomic E-state index is 9.01. The standard InChI is InChI=1S/C2HNO2.C2H4O2.C2H6O/c3-1-2(4)5;1-2(3)4;1-2-3/h(H,4,5);1H3,(H,3,4);3H,2H2,1H3. The Labute approximate surface area is 69.7 Å². The summed E-state index contributed by atoms with van der Waals surface area (Å²) < 4.78 is 0. The number of hydrogen-bond acceptors (Lipinski definition) is 4. The van der Waals surface area contributed by atoms with E-state index >= 15 is 0 Å². The molecule has 0 aliphatic rings. The Kier molecular flexibility index (Phi) is 22.6. The fraction of sp³-hybridized carbons (Fsp3) is 0.500. The average Bonchev–Trinajstić information content (AvgIpc) is 1.88. The third-order valence-corrected chi connectivity index (χ3v) is 0.0956. The molecule has 0 aliphatic heterocycles. The minimum Gasteiger partial charge on any atom is -0.481 e. The van der Waals surface area contributed by atoms with E-state index in [4.69, 9.17) is 30.2 Å². The lowest BCUT2D eigenvalue weighted by Crippen LogP contribution is -1.83. The lowest BCUT2D eigenvalue weighted by atomic mass is 10.8. The van der Waals surface area contributed by atoms with Gasteiger partial charge in [-0.1, -0.05) is 0 Å². The summed E-state index contributed by atoms with van der Waals surface area (Å²) in [5, 5.41) is 29.6. The smallest absolute Gasteiger partial charge is 0.408 e. The first-order chi connectivity index (χ1) is 5.42. The predicted octanol–water partition coefficient (Wildman–Crippen LogP) is -0.316. The summed E-state index contributed by atoms with van der Waals surface area (Å²) in [4.78, 5) is 18.0. The number of carbonyl (C=O) groups is 2. The van der Waals surface area contributed by atoms with Crippen molar-refractivity contribution < 1.29 is 24.9 Å². The summed E-state index contributed by atoms with van der Waals surface area (Å²) >= 11 is 0. The second-order valence-corrected chi connectivity index (χ2v) is 1.25. The molecule has 6 nitrogen and oxygen atoms in total. The van der Waals surface area contributed by atoms with Crippen LogP contribution in [0.2, 0.25) is 0 Å². The predicted molar refractivity (Wildman–Crippen MR) is 39.3 cm³/mol. The zero-order chi connectivity index (χ0) is 10.6. The van der Waals surface area contributed by atoms with Gasteiger partial charge in [0.1, 0.15) is 0 Å². The maximum absolute atomic E-state index is 9.01. The quantitative estimate of drug-likeness (QED) is 0.344. The number of aliphatic carboxylic acids is 2. The summed E-state index contributed by atoms with van der Waals surface area (Å²) in [5.74, 6) is -2.27. The summed E-state index contributed by atoms with van der Waals surface area (Å²) in [6.45, 7) is 3.01. The van der Waals surface area contributed by atoms with Crippen molar-refractivity contribution in [2.75, 3.05) is 6.61 Å². The molecule has 70 valence electrons. The van der Waals surface area contributed by atoms with Gasteiger partial charge < -0.3 is 15.3 Å². The van der Waals surface area contributed by atoms with E-state index in [9.17, 15) is 0 Å². The number of nitrogens with zero attached hydrogens (tertiary/aromatic N) is 1. The third-order valence-electron chi connectivity index (χ3n) is 0.0956. The van der Waals surface area contributed by atoms with Gasteiger partial charge in [0.05, 0.1) is 0 Å². The molecule has 6 heteroatoms. The van der Waals surface area contributed by atoms with Crippen molar-refractivity contribution >= 4 is 11.9 Å². The van der Waals surface area contributed by atoms with Gasteiger partial charge in [-0.3, -0.25) is 4.79 Å². The van der Waals surface area contributed by atoms with Crippen LogP contribution in [0.5, 0.6) is 0 Å². The summed E-state index contributed by atoms with van der Waals surface area (Å²) in [6.07, 6.45) is 0. The highest BCUT2D eigenvalue weighted by molar-refractivity contribution is 5.83. The molecule has 0 saturated carbocycles. The van der Waals surface area contributed by atoms with Crippen LogP contribution in [0.4, 0.5) is 0 Å². The highest BCUT2D eigenvalue weighted by atomic mass is 16.4. The molecule has 0 unspecified atom stereocenters. The Morgan fingerprint density at radius 3 is 1.50 bits per heavy atom. The molecule has 0 aromatic heterocycles. The van der Waals surface area contributed by atoms with Crippen LogP contribution in [0, 0.1) is 11.3 Å². The molecule has 0 bridgehead atoms. The second kappa shape index (κ2) is 16.2. The zero-order valence-electron chi connectivity index (χ0n) is 6.81. The highest BCUT2D eigenvalue weighted by Crippen LogP contribution is 1.44. The molecule has 0 heterocycles. The van der Waals surface area contributed by atoms with Gasteiger partial charge in [-0.15, -0.1) is 0 Å². The van der Waals surface area contributed by atoms with Crippen LogP contribution in [0.3, 0.4) is 0 Å². The van der Waals surface area contributed by atoms with Crippen LogP contribution in [0.25, 0.3) is 0 Å². The number of aliphatic hydroxyl groups excluding tert-OH is 1. The summed E-state index contributed by atoms with van der Waals surface area (Å²) in [7, 11) is 0. The molecule has 0 aromatic carbocycles. The SMILES string of the molecule is CC(=O)O.CCO.N#CC(=O)O. The van der Waals surface area contributed by atoms with Crippen LogP contribution >= 0.6 is 0 Å². The Morgan fingerprint density at radius 2 is 1.50 bits per heavy atom. The van der Waals surface area contributed by atoms with Gasteiger partial charge in [-0.25, -0.2) is 4.79 Å². The van der Waals surface area contributed by atoms with Gasteiger partial charge in [0, 0.05) is 13.5 Å². The molecule has 0 fully saturated rings. The van der Waals surface area contributed by atoms with Crippen molar-refractivity contribution in [3.05, 3.63) is 0 Å². The minimum absolute atomic E-state index is 0.250. The Bertz CT molecular complexity index is 156. The van der Waals surface area contributed by atoms with Gasteiger partial charge in [0.25, 0.3) is 5.97 Å². The van der Waals surface area contributed by atoms with Gasteiger partial charge in [0.2, 0.25) is 0 Å². The second-order valence-electron chi connectivity index (χ2n) is 1.25. The van der Waals surface area contributed by atoms with Crippen LogP contribution in [0.15, 0.2) is 0 Å².